The average molecular weight is 308 g/mol. The zero-order valence-electron chi connectivity index (χ0n) is 10.6. The number of rotatable bonds is 2. The van der Waals surface area contributed by atoms with Crippen LogP contribution in [0.3, 0.4) is 0 Å². The van der Waals surface area contributed by atoms with Crippen LogP contribution in [0.5, 0.6) is 0 Å². The lowest BCUT2D eigenvalue weighted by atomic mass is 9.96. The molecule has 1 saturated heterocycles. The molecule has 3 rings (SSSR count). The zero-order chi connectivity index (χ0) is 12.5. The second-order valence-corrected chi connectivity index (χ2v) is 6.05. The van der Waals surface area contributed by atoms with Gasteiger partial charge < -0.3 is 9.88 Å². The molecule has 0 radical (unpaired) electrons. The summed E-state index contributed by atoms with van der Waals surface area (Å²) in [6.07, 6.45) is 3.69. The lowest BCUT2D eigenvalue weighted by Gasteiger charge is -2.22. The summed E-state index contributed by atoms with van der Waals surface area (Å²) >= 11 is 3.52. The van der Waals surface area contributed by atoms with E-state index in [1.807, 2.05) is 0 Å². The molecule has 18 heavy (non-hydrogen) atoms. The number of benzene rings is 1. The molecule has 0 amide bonds. The fourth-order valence-electron chi connectivity index (χ4n) is 2.75. The quantitative estimate of drug-likeness (QED) is 0.924. The Bertz CT molecular complexity index is 555. The maximum absolute atomic E-state index is 4.76. The van der Waals surface area contributed by atoms with Crippen LogP contribution < -0.4 is 5.32 Å². The third-order valence-corrected chi connectivity index (χ3v) is 4.30. The van der Waals surface area contributed by atoms with E-state index < -0.39 is 0 Å². The monoisotopic (exact) mass is 307 g/mol. The van der Waals surface area contributed by atoms with Crippen LogP contribution in [0.1, 0.15) is 18.7 Å². The smallest absolute Gasteiger partial charge is 0.109 e. The molecule has 3 nitrogen and oxygen atoms in total. The first kappa shape index (κ1) is 12.2. The summed E-state index contributed by atoms with van der Waals surface area (Å²) in [6.45, 7) is 2.30. The van der Waals surface area contributed by atoms with Crippen molar-refractivity contribution in [3.8, 4) is 0 Å². The number of fused-ring (bicyclic) bond motifs is 1. The van der Waals surface area contributed by atoms with Crippen LogP contribution in [0, 0.1) is 5.92 Å². The predicted octanol–water partition coefficient (Wildman–Crippen LogP) is 2.88. The van der Waals surface area contributed by atoms with Gasteiger partial charge in [-0.15, -0.1) is 0 Å². The van der Waals surface area contributed by atoms with Gasteiger partial charge in [0.2, 0.25) is 0 Å². The molecule has 1 fully saturated rings. The van der Waals surface area contributed by atoms with E-state index in [0.717, 1.165) is 28.9 Å². The summed E-state index contributed by atoms with van der Waals surface area (Å²) in [7, 11) is 2.12. The van der Waals surface area contributed by atoms with Gasteiger partial charge in [0.1, 0.15) is 5.82 Å². The van der Waals surface area contributed by atoms with Crippen molar-refractivity contribution in [2.75, 3.05) is 13.1 Å². The molecule has 0 bridgehead atoms. The van der Waals surface area contributed by atoms with E-state index in [4.69, 9.17) is 4.98 Å². The highest BCUT2D eigenvalue weighted by atomic mass is 79.9. The zero-order valence-corrected chi connectivity index (χ0v) is 12.2. The largest absolute Gasteiger partial charge is 0.331 e. The summed E-state index contributed by atoms with van der Waals surface area (Å²) in [6, 6.07) is 6.29. The van der Waals surface area contributed by atoms with Crippen LogP contribution in [0.25, 0.3) is 11.0 Å². The molecule has 1 aliphatic heterocycles. The third kappa shape index (κ3) is 2.31. The minimum absolute atomic E-state index is 0.734. The van der Waals surface area contributed by atoms with Crippen LogP contribution in [-0.2, 0) is 13.5 Å². The maximum Gasteiger partial charge on any atom is 0.109 e. The van der Waals surface area contributed by atoms with Crippen molar-refractivity contribution in [1.82, 2.24) is 14.9 Å². The van der Waals surface area contributed by atoms with E-state index >= 15 is 0 Å². The van der Waals surface area contributed by atoms with Gasteiger partial charge in [-0.05, 0) is 50.0 Å². The Kier molecular flexibility index (Phi) is 3.39. The van der Waals surface area contributed by atoms with E-state index in [-0.39, 0.29) is 0 Å². The van der Waals surface area contributed by atoms with Crippen LogP contribution in [0.2, 0.25) is 0 Å². The molecule has 4 heteroatoms. The molecule has 2 aromatic rings. The standard InChI is InChI=1S/C14H18BrN3/c1-18-13-8-11(15)4-5-12(13)17-14(18)7-10-3-2-6-16-9-10/h4-5,8,10,16H,2-3,6-7,9H2,1H3. The number of nitrogens with one attached hydrogen (secondary N) is 1. The number of piperidine rings is 1. The summed E-state index contributed by atoms with van der Waals surface area (Å²) in [5, 5.41) is 3.47. The maximum atomic E-state index is 4.76. The predicted molar refractivity (Wildman–Crippen MR) is 77.7 cm³/mol. The van der Waals surface area contributed by atoms with Crippen molar-refractivity contribution in [3.63, 3.8) is 0 Å². The Morgan fingerprint density at radius 2 is 2.39 bits per heavy atom. The Balaban J connectivity index is 1.89. The van der Waals surface area contributed by atoms with Gasteiger partial charge in [0.05, 0.1) is 11.0 Å². The van der Waals surface area contributed by atoms with Crippen molar-refractivity contribution in [3.05, 3.63) is 28.5 Å². The minimum atomic E-state index is 0.734. The molecule has 1 aromatic heterocycles. The molecule has 1 unspecified atom stereocenters. The van der Waals surface area contributed by atoms with Crippen molar-refractivity contribution < 1.29 is 0 Å². The minimum Gasteiger partial charge on any atom is -0.331 e. The van der Waals surface area contributed by atoms with Crippen LogP contribution in [0.4, 0.5) is 0 Å². The van der Waals surface area contributed by atoms with E-state index in [1.54, 1.807) is 0 Å². The Hall–Kier alpha value is -0.870. The van der Waals surface area contributed by atoms with Gasteiger partial charge in [0, 0.05) is 17.9 Å². The van der Waals surface area contributed by atoms with Crippen molar-refractivity contribution >= 4 is 27.0 Å². The van der Waals surface area contributed by atoms with Crippen LogP contribution in [0.15, 0.2) is 22.7 Å². The average Bonchev–Trinajstić information content (AvgIpc) is 2.68. The summed E-state index contributed by atoms with van der Waals surface area (Å²) in [4.78, 5) is 4.76. The number of hydrogen-bond donors (Lipinski definition) is 1. The number of hydrogen-bond acceptors (Lipinski definition) is 2. The number of nitrogens with zero attached hydrogens (tertiary/aromatic N) is 2. The molecule has 1 aliphatic rings. The van der Waals surface area contributed by atoms with Gasteiger partial charge in [0.25, 0.3) is 0 Å². The lowest BCUT2D eigenvalue weighted by molar-refractivity contribution is 0.368. The molecule has 0 aliphatic carbocycles. The van der Waals surface area contributed by atoms with Gasteiger partial charge in [-0.3, -0.25) is 0 Å². The summed E-state index contributed by atoms with van der Waals surface area (Å²) < 4.78 is 3.35. The second kappa shape index (κ2) is 5.02. The Morgan fingerprint density at radius 1 is 1.50 bits per heavy atom. The van der Waals surface area contributed by atoms with E-state index in [0.29, 0.717) is 0 Å². The van der Waals surface area contributed by atoms with Crippen molar-refractivity contribution in [1.29, 1.82) is 0 Å². The molecular weight excluding hydrogens is 290 g/mol. The van der Waals surface area contributed by atoms with Crippen molar-refractivity contribution in [2.45, 2.75) is 19.3 Å². The second-order valence-electron chi connectivity index (χ2n) is 5.14. The van der Waals surface area contributed by atoms with Crippen LogP contribution >= 0.6 is 15.9 Å². The van der Waals surface area contributed by atoms with Crippen LogP contribution in [-0.4, -0.2) is 22.6 Å². The summed E-state index contributed by atoms with van der Waals surface area (Å²) in [5.41, 5.74) is 2.31. The van der Waals surface area contributed by atoms with Gasteiger partial charge >= 0.3 is 0 Å². The lowest BCUT2D eigenvalue weighted by Crippen LogP contribution is -2.31. The first-order valence-electron chi connectivity index (χ1n) is 6.55. The van der Waals surface area contributed by atoms with E-state index in [9.17, 15) is 0 Å². The Labute approximate surface area is 116 Å². The Morgan fingerprint density at radius 3 is 3.17 bits per heavy atom. The topological polar surface area (TPSA) is 29.9 Å². The molecule has 0 spiro atoms. The molecule has 2 heterocycles. The fraction of sp³-hybridized carbons (Fsp3) is 0.500. The summed E-state index contributed by atoms with van der Waals surface area (Å²) in [5.74, 6) is 1.94. The number of imidazole rings is 1. The first-order chi connectivity index (χ1) is 8.74. The van der Waals surface area contributed by atoms with Gasteiger partial charge in [-0.2, -0.15) is 0 Å². The van der Waals surface area contributed by atoms with Crippen molar-refractivity contribution in [2.24, 2.45) is 13.0 Å². The first-order valence-corrected chi connectivity index (χ1v) is 7.35. The normalized spacial score (nSPS) is 20.4. The van der Waals surface area contributed by atoms with Gasteiger partial charge in [-0.1, -0.05) is 15.9 Å². The molecule has 1 N–H and O–H groups in total. The molecule has 1 atom stereocenters. The SMILES string of the molecule is Cn1c(CC2CCCNC2)nc2ccc(Br)cc21. The molecule has 1 aromatic carbocycles. The third-order valence-electron chi connectivity index (χ3n) is 3.81. The van der Waals surface area contributed by atoms with Gasteiger partial charge in [-0.25, -0.2) is 4.98 Å². The number of halogens is 1. The van der Waals surface area contributed by atoms with Gasteiger partial charge in [0.15, 0.2) is 0 Å². The number of aryl methyl sites for hydroxylation is 1. The van der Waals surface area contributed by atoms with E-state index in [1.165, 1.54) is 30.7 Å². The highest BCUT2D eigenvalue weighted by molar-refractivity contribution is 9.10. The van der Waals surface area contributed by atoms with E-state index in [2.05, 4.69) is 51.1 Å². The number of aromatic nitrogens is 2. The molecule has 0 saturated carbocycles. The fourth-order valence-corrected chi connectivity index (χ4v) is 3.10. The highest BCUT2D eigenvalue weighted by Gasteiger charge is 2.17. The highest BCUT2D eigenvalue weighted by Crippen LogP contribution is 2.22. The molecular formula is C14H18BrN3. The molecule has 96 valence electrons.